The van der Waals surface area contributed by atoms with Gasteiger partial charge in [-0.2, -0.15) is 0 Å². The van der Waals surface area contributed by atoms with Gasteiger partial charge in [-0.25, -0.2) is 4.79 Å². The molecular weight excluding hydrogens is 306 g/mol. The molecular formula is C16H14ClNO4. The first kappa shape index (κ1) is 15.9. The van der Waals surface area contributed by atoms with Gasteiger partial charge < -0.3 is 15.2 Å². The molecule has 0 bridgehead atoms. The monoisotopic (exact) mass is 319 g/mol. The quantitative estimate of drug-likeness (QED) is 0.886. The van der Waals surface area contributed by atoms with Crippen LogP contribution in [0.1, 0.15) is 15.9 Å². The van der Waals surface area contributed by atoms with Crippen LogP contribution in [0.4, 0.5) is 5.69 Å². The average Bonchev–Trinajstić information content (AvgIpc) is 2.45. The summed E-state index contributed by atoms with van der Waals surface area (Å²) in [5.74, 6) is -0.874. The lowest BCUT2D eigenvalue weighted by molar-refractivity contribution is -0.118. The molecule has 0 saturated heterocycles. The maximum Gasteiger partial charge on any atom is 0.337 e. The fraction of sp³-hybridized carbons (Fsp3) is 0.125. The minimum Gasteiger partial charge on any atom is -0.484 e. The lowest BCUT2D eigenvalue weighted by atomic mass is 10.2. The largest absolute Gasteiger partial charge is 0.484 e. The highest BCUT2D eigenvalue weighted by molar-refractivity contribution is 6.33. The summed E-state index contributed by atoms with van der Waals surface area (Å²) in [7, 11) is 0. The summed E-state index contributed by atoms with van der Waals surface area (Å²) in [4.78, 5) is 22.7. The zero-order chi connectivity index (χ0) is 16.1. The SMILES string of the molecule is Cc1cccc(OCC(=O)Nc2ccc(C(=O)O)c(Cl)c2)c1. The molecule has 0 heterocycles. The number of amides is 1. The summed E-state index contributed by atoms with van der Waals surface area (Å²) in [6, 6.07) is 11.5. The third-order valence-electron chi connectivity index (χ3n) is 2.84. The van der Waals surface area contributed by atoms with Crippen molar-refractivity contribution in [3.63, 3.8) is 0 Å². The molecule has 22 heavy (non-hydrogen) atoms. The maximum atomic E-state index is 11.8. The molecule has 0 radical (unpaired) electrons. The zero-order valence-corrected chi connectivity index (χ0v) is 12.6. The van der Waals surface area contributed by atoms with Crippen LogP contribution in [0.3, 0.4) is 0 Å². The number of benzene rings is 2. The number of aromatic carboxylic acids is 1. The second kappa shape index (κ2) is 6.95. The minimum atomic E-state index is -1.12. The molecule has 2 rings (SSSR count). The van der Waals surface area contributed by atoms with E-state index in [0.717, 1.165) is 5.56 Å². The Morgan fingerprint density at radius 1 is 1.23 bits per heavy atom. The van der Waals surface area contributed by atoms with Gasteiger partial charge in [-0.15, -0.1) is 0 Å². The zero-order valence-electron chi connectivity index (χ0n) is 11.8. The Morgan fingerprint density at radius 3 is 2.64 bits per heavy atom. The van der Waals surface area contributed by atoms with Gasteiger partial charge in [-0.1, -0.05) is 23.7 Å². The van der Waals surface area contributed by atoms with E-state index in [1.54, 1.807) is 6.07 Å². The molecule has 0 aliphatic rings. The van der Waals surface area contributed by atoms with Gasteiger partial charge in [-0.05, 0) is 42.8 Å². The number of anilines is 1. The van der Waals surface area contributed by atoms with Crippen LogP contribution in [0.5, 0.6) is 5.75 Å². The molecule has 0 saturated carbocycles. The molecule has 114 valence electrons. The van der Waals surface area contributed by atoms with Crippen molar-refractivity contribution in [2.45, 2.75) is 6.92 Å². The second-order valence-corrected chi connectivity index (χ2v) is 5.06. The van der Waals surface area contributed by atoms with E-state index in [1.807, 2.05) is 25.1 Å². The number of aryl methyl sites for hydroxylation is 1. The molecule has 0 aliphatic carbocycles. The Balaban J connectivity index is 1.95. The third kappa shape index (κ3) is 4.23. The molecule has 0 aromatic heterocycles. The number of ether oxygens (including phenoxy) is 1. The van der Waals surface area contributed by atoms with Crippen LogP contribution in [-0.4, -0.2) is 23.6 Å². The number of halogens is 1. The highest BCUT2D eigenvalue weighted by Crippen LogP contribution is 2.21. The number of carbonyl (C=O) groups is 2. The van der Waals surface area contributed by atoms with Gasteiger partial charge in [0.25, 0.3) is 5.91 Å². The van der Waals surface area contributed by atoms with Gasteiger partial charge in [0.05, 0.1) is 10.6 Å². The molecule has 2 N–H and O–H groups in total. The minimum absolute atomic E-state index is 0.0179. The smallest absolute Gasteiger partial charge is 0.337 e. The van der Waals surface area contributed by atoms with Gasteiger partial charge in [0, 0.05) is 5.69 Å². The fourth-order valence-electron chi connectivity index (χ4n) is 1.82. The highest BCUT2D eigenvalue weighted by atomic mass is 35.5. The number of carbonyl (C=O) groups excluding carboxylic acids is 1. The number of nitrogens with one attached hydrogen (secondary N) is 1. The van der Waals surface area contributed by atoms with E-state index in [4.69, 9.17) is 21.4 Å². The van der Waals surface area contributed by atoms with E-state index in [2.05, 4.69) is 5.32 Å². The van der Waals surface area contributed by atoms with Gasteiger partial charge >= 0.3 is 5.97 Å². The van der Waals surface area contributed by atoms with Crippen molar-refractivity contribution in [1.29, 1.82) is 0 Å². The van der Waals surface area contributed by atoms with E-state index in [9.17, 15) is 9.59 Å². The molecule has 2 aromatic carbocycles. The molecule has 0 unspecified atom stereocenters. The van der Waals surface area contributed by atoms with Crippen LogP contribution in [0.2, 0.25) is 5.02 Å². The van der Waals surface area contributed by atoms with Gasteiger partial charge in [0.1, 0.15) is 5.75 Å². The summed E-state index contributed by atoms with van der Waals surface area (Å²) in [6.07, 6.45) is 0. The maximum absolute atomic E-state index is 11.8. The summed E-state index contributed by atoms with van der Waals surface area (Å²) >= 11 is 5.83. The summed E-state index contributed by atoms with van der Waals surface area (Å²) in [5, 5.41) is 11.5. The van der Waals surface area contributed by atoms with E-state index < -0.39 is 5.97 Å². The highest BCUT2D eigenvalue weighted by Gasteiger charge is 2.10. The standard InChI is InChI=1S/C16H14ClNO4/c1-10-3-2-4-12(7-10)22-9-15(19)18-11-5-6-13(16(20)21)14(17)8-11/h2-8H,9H2,1H3,(H,18,19)(H,20,21). The molecule has 0 fully saturated rings. The van der Waals surface area contributed by atoms with Crippen molar-refractivity contribution in [3.8, 4) is 5.75 Å². The van der Waals surface area contributed by atoms with Gasteiger partial charge in [-0.3, -0.25) is 4.79 Å². The number of hydrogen-bond donors (Lipinski definition) is 2. The lowest BCUT2D eigenvalue weighted by Gasteiger charge is -2.09. The van der Waals surface area contributed by atoms with Crippen molar-refractivity contribution in [2.75, 3.05) is 11.9 Å². The number of hydrogen-bond acceptors (Lipinski definition) is 3. The average molecular weight is 320 g/mol. The molecule has 6 heteroatoms. The van der Waals surface area contributed by atoms with Crippen LogP contribution >= 0.6 is 11.6 Å². The molecule has 5 nitrogen and oxygen atoms in total. The van der Waals surface area contributed by atoms with Crippen molar-refractivity contribution >= 4 is 29.2 Å². The topological polar surface area (TPSA) is 75.6 Å². The van der Waals surface area contributed by atoms with E-state index in [0.29, 0.717) is 11.4 Å². The second-order valence-electron chi connectivity index (χ2n) is 4.65. The normalized spacial score (nSPS) is 10.1. The van der Waals surface area contributed by atoms with Crippen molar-refractivity contribution in [2.24, 2.45) is 0 Å². The molecule has 2 aromatic rings. The van der Waals surface area contributed by atoms with Crippen LogP contribution in [-0.2, 0) is 4.79 Å². The first-order valence-corrected chi connectivity index (χ1v) is 6.85. The van der Waals surface area contributed by atoms with Crippen molar-refractivity contribution in [3.05, 3.63) is 58.6 Å². The summed E-state index contributed by atoms with van der Waals surface area (Å²) < 4.78 is 5.37. The molecule has 0 atom stereocenters. The summed E-state index contributed by atoms with van der Waals surface area (Å²) in [6.45, 7) is 1.78. The number of carboxylic acid groups (broad SMARTS) is 1. The van der Waals surface area contributed by atoms with Crippen LogP contribution in [0.25, 0.3) is 0 Å². The first-order chi connectivity index (χ1) is 10.5. The fourth-order valence-corrected chi connectivity index (χ4v) is 2.08. The van der Waals surface area contributed by atoms with Crippen LogP contribution < -0.4 is 10.1 Å². The van der Waals surface area contributed by atoms with E-state index in [-0.39, 0.29) is 23.1 Å². The Kier molecular flexibility index (Phi) is 5.01. The van der Waals surface area contributed by atoms with Gasteiger partial charge in [0.2, 0.25) is 0 Å². The molecule has 0 aliphatic heterocycles. The van der Waals surface area contributed by atoms with Crippen molar-refractivity contribution < 1.29 is 19.4 Å². The van der Waals surface area contributed by atoms with Crippen LogP contribution in [0.15, 0.2) is 42.5 Å². The third-order valence-corrected chi connectivity index (χ3v) is 3.16. The first-order valence-electron chi connectivity index (χ1n) is 6.48. The Bertz CT molecular complexity index is 715. The van der Waals surface area contributed by atoms with E-state index >= 15 is 0 Å². The molecule has 1 amide bonds. The van der Waals surface area contributed by atoms with Crippen LogP contribution in [0, 0.1) is 6.92 Å². The number of carboxylic acids is 1. The van der Waals surface area contributed by atoms with Gasteiger partial charge in [0.15, 0.2) is 6.61 Å². The predicted octanol–water partition coefficient (Wildman–Crippen LogP) is 3.36. The Labute approximate surface area is 132 Å². The Hall–Kier alpha value is -2.53. The molecule has 0 spiro atoms. The lowest BCUT2D eigenvalue weighted by Crippen LogP contribution is -2.20. The van der Waals surface area contributed by atoms with Crippen molar-refractivity contribution in [1.82, 2.24) is 0 Å². The summed E-state index contributed by atoms with van der Waals surface area (Å²) in [5.41, 5.74) is 1.43. The van der Waals surface area contributed by atoms with E-state index in [1.165, 1.54) is 18.2 Å². The predicted molar refractivity (Wildman–Crippen MR) is 83.7 cm³/mol. The Morgan fingerprint density at radius 2 is 2.00 bits per heavy atom. The number of rotatable bonds is 5.